The molecule has 1 N–H and O–H groups in total. The highest BCUT2D eigenvalue weighted by Crippen LogP contribution is 2.59. The molecule has 2 bridgehead atoms. The van der Waals surface area contributed by atoms with E-state index in [0.717, 1.165) is 12.8 Å². The molecule has 2 nitrogen and oxygen atoms in total. The number of fused-ring (bicyclic) bond motifs is 2. The Kier molecular flexibility index (Phi) is 1.32. The number of aliphatic hydroxyl groups is 1. The van der Waals surface area contributed by atoms with Crippen LogP contribution in [0.2, 0.25) is 0 Å². The van der Waals surface area contributed by atoms with E-state index >= 15 is 0 Å². The Morgan fingerprint density at radius 2 is 2.00 bits per heavy atom. The van der Waals surface area contributed by atoms with Gasteiger partial charge in [0.25, 0.3) is 0 Å². The number of carbonyl (C=O) groups is 1. The molecule has 2 heteroatoms. The second kappa shape index (κ2) is 1.92. The molecule has 3 atom stereocenters. The van der Waals surface area contributed by atoms with Gasteiger partial charge in [-0.15, -0.1) is 0 Å². The maximum Gasteiger partial charge on any atom is 0.147 e. The predicted octanol–water partition coefficient (Wildman–Crippen LogP) is 1.37. The van der Waals surface area contributed by atoms with Crippen molar-refractivity contribution in [2.24, 2.45) is 16.7 Å². The zero-order valence-corrected chi connectivity index (χ0v) is 7.92. The molecule has 0 saturated heterocycles. The summed E-state index contributed by atoms with van der Waals surface area (Å²) in [6, 6.07) is 0. The fourth-order valence-electron chi connectivity index (χ4n) is 2.98. The smallest absolute Gasteiger partial charge is 0.147 e. The largest absolute Gasteiger partial charge is 0.392 e. The molecular formula is C10H16O2. The average Bonchev–Trinajstić information content (AvgIpc) is 2.34. The summed E-state index contributed by atoms with van der Waals surface area (Å²) in [6.45, 7) is 5.93. The third kappa shape index (κ3) is 0.674. The van der Waals surface area contributed by atoms with Crippen LogP contribution in [-0.4, -0.2) is 17.0 Å². The molecular weight excluding hydrogens is 152 g/mol. The third-order valence-corrected chi connectivity index (χ3v) is 4.04. The van der Waals surface area contributed by atoms with E-state index in [9.17, 15) is 9.90 Å². The molecule has 2 aliphatic rings. The van der Waals surface area contributed by atoms with Crippen LogP contribution in [0.3, 0.4) is 0 Å². The van der Waals surface area contributed by atoms with Crippen LogP contribution in [0.15, 0.2) is 0 Å². The number of Topliss-reactive ketones (excluding diaryl/α,β-unsaturated/α-hetero) is 1. The Bertz CT molecular complexity index is 244. The van der Waals surface area contributed by atoms with E-state index < -0.39 is 5.41 Å². The molecule has 1 unspecified atom stereocenters. The van der Waals surface area contributed by atoms with E-state index in [2.05, 4.69) is 0 Å². The fourth-order valence-corrected chi connectivity index (χ4v) is 2.98. The van der Waals surface area contributed by atoms with Gasteiger partial charge < -0.3 is 5.11 Å². The van der Waals surface area contributed by atoms with Gasteiger partial charge in [-0.05, 0) is 18.8 Å². The zero-order valence-electron chi connectivity index (χ0n) is 7.92. The number of carbonyl (C=O) groups excluding carboxylic acids is 1. The summed E-state index contributed by atoms with van der Waals surface area (Å²) in [7, 11) is 0. The maximum absolute atomic E-state index is 11.9. The lowest BCUT2D eigenvalue weighted by Crippen LogP contribution is -2.43. The molecule has 0 heterocycles. The maximum atomic E-state index is 11.9. The van der Waals surface area contributed by atoms with Gasteiger partial charge in [0, 0.05) is 5.41 Å². The summed E-state index contributed by atoms with van der Waals surface area (Å²) in [5.74, 6) is 0.670. The molecule has 2 rings (SSSR count). The molecule has 2 saturated carbocycles. The fraction of sp³-hybridized carbons (Fsp3) is 0.900. The first-order valence-corrected chi connectivity index (χ1v) is 4.62. The number of ketones is 1. The van der Waals surface area contributed by atoms with E-state index in [0.29, 0.717) is 5.92 Å². The summed E-state index contributed by atoms with van der Waals surface area (Å²) in [5.41, 5.74) is -0.609. The van der Waals surface area contributed by atoms with E-state index in [1.54, 1.807) is 0 Å². The van der Waals surface area contributed by atoms with Crippen LogP contribution in [-0.2, 0) is 4.79 Å². The first kappa shape index (κ1) is 8.24. The van der Waals surface area contributed by atoms with E-state index in [1.807, 2.05) is 20.8 Å². The standard InChI is InChI=1S/C10H16O2/c1-9(2)6-4-7(11)10(3,5-6)8(9)12/h6-7,11H,4-5H2,1-3H3/t6-,7?,10-/m1/s1. The second-order valence-corrected chi connectivity index (χ2v) is 5.12. The van der Waals surface area contributed by atoms with Gasteiger partial charge in [-0.3, -0.25) is 4.79 Å². The van der Waals surface area contributed by atoms with Crippen molar-refractivity contribution >= 4 is 5.78 Å². The average molecular weight is 168 g/mol. The van der Waals surface area contributed by atoms with Crippen molar-refractivity contribution in [2.45, 2.75) is 39.7 Å². The Balaban J connectivity index is 2.43. The van der Waals surface area contributed by atoms with Gasteiger partial charge in [0.05, 0.1) is 11.5 Å². The van der Waals surface area contributed by atoms with Gasteiger partial charge >= 0.3 is 0 Å². The SMILES string of the molecule is CC1(C)C(=O)[C@]2(C)C[C@H]1CC2O. The van der Waals surface area contributed by atoms with Gasteiger partial charge in [0.2, 0.25) is 0 Å². The highest BCUT2D eigenvalue weighted by Gasteiger charge is 2.63. The highest BCUT2D eigenvalue weighted by atomic mass is 16.3. The lowest BCUT2D eigenvalue weighted by molar-refractivity contribution is -0.141. The molecule has 68 valence electrons. The van der Waals surface area contributed by atoms with Gasteiger partial charge in [-0.25, -0.2) is 0 Å². The van der Waals surface area contributed by atoms with Crippen LogP contribution in [0.4, 0.5) is 0 Å². The minimum atomic E-state index is -0.422. The van der Waals surface area contributed by atoms with Crippen LogP contribution in [0, 0.1) is 16.7 Å². The predicted molar refractivity (Wildman–Crippen MR) is 45.6 cm³/mol. The first-order valence-electron chi connectivity index (χ1n) is 4.62. The normalized spacial score (nSPS) is 50.2. The highest BCUT2D eigenvalue weighted by molar-refractivity contribution is 5.93. The number of hydrogen-bond acceptors (Lipinski definition) is 2. The van der Waals surface area contributed by atoms with E-state index in [4.69, 9.17) is 0 Å². The lowest BCUT2D eigenvalue weighted by atomic mass is 9.70. The molecule has 0 amide bonds. The molecule has 12 heavy (non-hydrogen) atoms. The Hall–Kier alpha value is -0.370. The summed E-state index contributed by atoms with van der Waals surface area (Å²) >= 11 is 0. The molecule has 0 spiro atoms. The van der Waals surface area contributed by atoms with Crippen molar-refractivity contribution in [3.8, 4) is 0 Å². The Morgan fingerprint density at radius 3 is 2.33 bits per heavy atom. The summed E-state index contributed by atoms with van der Waals surface area (Å²) in [6.07, 6.45) is 1.32. The number of rotatable bonds is 0. The van der Waals surface area contributed by atoms with Crippen molar-refractivity contribution in [1.29, 1.82) is 0 Å². The van der Waals surface area contributed by atoms with Gasteiger partial charge in [0.1, 0.15) is 5.78 Å². The number of aliphatic hydroxyl groups excluding tert-OH is 1. The Labute approximate surface area is 73.0 Å². The van der Waals surface area contributed by atoms with Crippen LogP contribution in [0.25, 0.3) is 0 Å². The zero-order chi connectivity index (χ0) is 9.15. The van der Waals surface area contributed by atoms with Crippen molar-refractivity contribution < 1.29 is 9.90 Å². The van der Waals surface area contributed by atoms with Crippen molar-refractivity contribution in [2.75, 3.05) is 0 Å². The summed E-state index contributed by atoms with van der Waals surface area (Å²) in [5, 5.41) is 9.66. The van der Waals surface area contributed by atoms with E-state index in [1.165, 1.54) is 0 Å². The minimum absolute atomic E-state index is 0.187. The second-order valence-electron chi connectivity index (χ2n) is 5.12. The first-order chi connectivity index (χ1) is 5.39. The molecule has 0 aromatic carbocycles. The van der Waals surface area contributed by atoms with Gasteiger partial charge in [-0.2, -0.15) is 0 Å². The van der Waals surface area contributed by atoms with Gasteiger partial charge in [0.15, 0.2) is 0 Å². The van der Waals surface area contributed by atoms with Crippen molar-refractivity contribution in [3.63, 3.8) is 0 Å². The molecule has 0 aromatic rings. The van der Waals surface area contributed by atoms with Crippen molar-refractivity contribution in [1.82, 2.24) is 0 Å². The monoisotopic (exact) mass is 168 g/mol. The topological polar surface area (TPSA) is 37.3 Å². The van der Waals surface area contributed by atoms with Crippen molar-refractivity contribution in [3.05, 3.63) is 0 Å². The summed E-state index contributed by atoms with van der Waals surface area (Å²) in [4.78, 5) is 11.9. The van der Waals surface area contributed by atoms with Crippen LogP contribution < -0.4 is 0 Å². The van der Waals surface area contributed by atoms with Gasteiger partial charge in [-0.1, -0.05) is 20.8 Å². The van der Waals surface area contributed by atoms with Crippen LogP contribution in [0.5, 0.6) is 0 Å². The van der Waals surface area contributed by atoms with Crippen LogP contribution >= 0.6 is 0 Å². The molecule has 0 radical (unpaired) electrons. The molecule has 2 aliphatic carbocycles. The Morgan fingerprint density at radius 1 is 1.42 bits per heavy atom. The van der Waals surface area contributed by atoms with Crippen LogP contribution in [0.1, 0.15) is 33.6 Å². The molecule has 2 fully saturated rings. The summed E-state index contributed by atoms with van der Waals surface area (Å²) < 4.78 is 0. The lowest BCUT2D eigenvalue weighted by Gasteiger charge is -2.34. The quantitative estimate of drug-likeness (QED) is 0.593. The number of hydrogen-bond donors (Lipinski definition) is 1. The minimum Gasteiger partial charge on any atom is -0.392 e. The molecule has 0 aromatic heterocycles. The van der Waals surface area contributed by atoms with E-state index in [-0.39, 0.29) is 17.3 Å². The third-order valence-electron chi connectivity index (χ3n) is 4.04. The molecule has 0 aliphatic heterocycles.